The highest BCUT2D eigenvalue weighted by Crippen LogP contribution is 2.21. The fourth-order valence-electron chi connectivity index (χ4n) is 1.57. The van der Waals surface area contributed by atoms with Gasteiger partial charge in [-0.25, -0.2) is 0 Å². The monoisotopic (exact) mass is 305 g/mol. The van der Waals surface area contributed by atoms with Gasteiger partial charge in [0.1, 0.15) is 11.5 Å². The smallest absolute Gasteiger partial charge is 0.263 e. The molecule has 0 aliphatic rings. The van der Waals surface area contributed by atoms with Gasteiger partial charge in [-0.1, -0.05) is 35.6 Å². The van der Waals surface area contributed by atoms with Crippen molar-refractivity contribution in [3.8, 4) is 11.8 Å². The Kier molecular flexibility index (Phi) is 5.19. The number of thiophene rings is 1. The molecule has 1 aromatic carbocycles. The summed E-state index contributed by atoms with van der Waals surface area (Å²) in [6, 6.07) is 9.18. The molecule has 102 valence electrons. The van der Waals surface area contributed by atoms with Crippen LogP contribution >= 0.6 is 22.9 Å². The summed E-state index contributed by atoms with van der Waals surface area (Å²) in [5.41, 5.74) is 1.80. The number of hydrogen-bond donors (Lipinski definition) is 2. The Morgan fingerprint density at radius 3 is 2.65 bits per heavy atom. The molecule has 0 bridgehead atoms. The molecule has 0 saturated carbocycles. The van der Waals surface area contributed by atoms with Gasteiger partial charge in [0.25, 0.3) is 5.91 Å². The second-order valence-corrected chi connectivity index (χ2v) is 5.26. The molecule has 1 amide bonds. The predicted molar refractivity (Wildman–Crippen MR) is 80.9 cm³/mol. The first-order valence-electron chi connectivity index (χ1n) is 5.90. The van der Waals surface area contributed by atoms with Crippen LogP contribution in [0.25, 0.3) is 0 Å². The van der Waals surface area contributed by atoms with E-state index in [9.17, 15) is 4.79 Å². The van der Waals surface area contributed by atoms with Gasteiger partial charge in [0.2, 0.25) is 0 Å². The lowest BCUT2D eigenvalue weighted by molar-refractivity contribution is 0.0955. The number of amides is 1. The SMILES string of the molecule is O=C(NCc1ccc(C#CCO)cc1)c1sccc1Cl. The third-order valence-electron chi connectivity index (χ3n) is 2.54. The number of aliphatic hydroxyl groups excluding tert-OH is 1. The number of nitrogens with one attached hydrogen (secondary N) is 1. The third kappa shape index (κ3) is 3.84. The Bertz CT molecular complexity index is 653. The molecule has 2 aromatic rings. The molecule has 2 rings (SSSR count). The summed E-state index contributed by atoms with van der Waals surface area (Å²) in [4.78, 5) is 12.4. The number of rotatable bonds is 3. The van der Waals surface area contributed by atoms with Gasteiger partial charge in [-0.3, -0.25) is 4.79 Å². The predicted octanol–water partition coefficient (Wildman–Crippen LogP) is 2.68. The minimum atomic E-state index is -0.172. The molecule has 1 heterocycles. The standard InChI is InChI=1S/C15H12ClNO2S/c16-13-7-9-20-14(13)15(19)17-10-12-5-3-11(4-6-12)2-1-8-18/h3-7,9,18H,8,10H2,(H,17,19). The molecular weight excluding hydrogens is 294 g/mol. The first-order valence-corrected chi connectivity index (χ1v) is 7.16. The summed E-state index contributed by atoms with van der Waals surface area (Å²) in [6.07, 6.45) is 0. The first kappa shape index (κ1) is 14.6. The van der Waals surface area contributed by atoms with Crippen molar-refractivity contribution in [3.63, 3.8) is 0 Å². The van der Waals surface area contributed by atoms with E-state index in [0.29, 0.717) is 16.4 Å². The normalized spacial score (nSPS) is 9.70. The van der Waals surface area contributed by atoms with E-state index in [0.717, 1.165) is 11.1 Å². The van der Waals surface area contributed by atoms with E-state index >= 15 is 0 Å². The lowest BCUT2D eigenvalue weighted by Crippen LogP contribution is -2.22. The number of benzene rings is 1. The summed E-state index contributed by atoms with van der Waals surface area (Å²) >= 11 is 7.22. The van der Waals surface area contributed by atoms with Crippen molar-refractivity contribution in [1.82, 2.24) is 5.32 Å². The number of hydrogen-bond acceptors (Lipinski definition) is 3. The van der Waals surface area contributed by atoms with Crippen LogP contribution in [0, 0.1) is 11.8 Å². The topological polar surface area (TPSA) is 49.3 Å². The van der Waals surface area contributed by atoms with Crippen LogP contribution in [0.3, 0.4) is 0 Å². The van der Waals surface area contributed by atoms with Gasteiger partial charge in [0.05, 0.1) is 5.02 Å². The van der Waals surface area contributed by atoms with Gasteiger partial charge in [-0.05, 0) is 29.1 Å². The van der Waals surface area contributed by atoms with Crippen LogP contribution in [0.2, 0.25) is 5.02 Å². The van der Waals surface area contributed by atoms with Gasteiger partial charge < -0.3 is 10.4 Å². The van der Waals surface area contributed by atoms with Crippen LogP contribution in [0.15, 0.2) is 35.7 Å². The van der Waals surface area contributed by atoms with Crippen LogP contribution < -0.4 is 5.32 Å². The minimum absolute atomic E-state index is 0.153. The fraction of sp³-hybridized carbons (Fsp3) is 0.133. The van der Waals surface area contributed by atoms with Gasteiger partial charge in [-0.15, -0.1) is 11.3 Å². The van der Waals surface area contributed by atoms with Crippen molar-refractivity contribution in [2.45, 2.75) is 6.54 Å². The molecule has 0 aliphatic carbocycles. The molecular formula is C15H12ClNO2S. The van der Waals surface area contributed by atoms with E-state index in [1.54, 1.807) is 11.4 Å². The van der Waals surface area contributed by atoms with Crippen LogP contribution in [0.4, 0.5) is 0 Å². The highest BCUT2D eigenvalue weighted by atomic mass is 35.5. The maximum Gasteiger partial charge on any atom is 0.263 e. The Morgan fingerprint density at radius 1 is 1.30 bits per heavy atom. The molecule has 0 aliphatic heterocycles. The Morgan fingerprint density at radius 2 is 2.05 bits per heavy atom. The van der Waals surface area contributed by atoms with Gasteiger partial charge >= 0.3 is 0 Å². The average Bonchev–Trinajstić information content (AvgIpc) is 2.90. The molecule has 1 aromatic heterocycles. The first-order chi connectivity index (χ1) is 9.70. The van der Waals surface area contributed by atoms with E-state index in [4.69, 9.17) is 16.7 Å². The summed E-state index contributed by atoms with van der Waals surface area (Å²) in [6.45, 7) is 0.278. The van der Waals surface area contributed by atoms with E-state index in [2.05, 4.69) is 17.2 Å². The number of halogens is 1. The molecule has 0 saturated heterocycles. The van der Waals surface area contributed by atoms with Crippen molar-refractivity contribution in [2.24, 2.45) is 0 Å². The Labute approximate surface area is 126 Å². The van der Waals surface area contributed by atoms with Crippen molar-refractivity contribution < 1.29 is 9.90 Å². The molecule has 2 N–H and O–H groups in total. The largest absolute Gasteiger partial charge is 0.384 e. The van der Waals surface area contributed by atoms with Gasteiger partial charge in [-0.2, -0.15) is 0 Å². The minimum Gasteiger partial charge on any atom is -0.384 e. The Hall–Kier alpha value is -1.80. The average molecular weight is 306 g/mol. The maximum absolute atomic E-state index is 11.9. The van der Waals surface area contributed by atoms with Crippen LogP contribution in [0.1, 0.15) is 20.8 Å². The van der Waals surface area contributed by atoms with E-state index in [1.165, 1.54) is 11.3 Å². The van der Waals surface area contributed by atoms with Crippen molar-refractivity contribution in [3.05, 3.63) is 56.7 Å². The van der Waals surface area contributed by atoms with Crippen molar-refractivity contribution >= 4 is 28.8 Å². The fourth-order valence-corrected chi connectivity index (χ4v) is 2.62. The van der Waals surface area contributed by atoms with E-state index < -0.39 is 0 Å². The second kappa shape index (κ2) is 7.11. The summed E-state index contributed by atoms with van der Waals surface area (Å²) < 4.78 is 0. The second-order valence-electron chi connectivity index (χ2n) is 3.94. The molecule has 5 heteroatoms. The third-order valence-corrected chi connectivity index (χ3v) is 3.88. The zero-order chi connectivity index (χ0) is 14.4. The summed E-state index contributed by atoms with van der Waals surface area (Å²) in [7, 11) is 0. The van der Waals surface area contributed by atoms with Gasteiger partial charge in [0, 0.05) is 12.1 Å². The molecule has 20 heavy (non-hydrogen) atoms. The number of carbonyl (C=O) groups is 1. The molecule has 0 fully saturated rings. The highest BCUT2D eigenvalue weighted by Gasteiger charge is 2.10. The Balaban J connectivity index is 1.94. The van der Waals surface area contributed by atoms with Crippen molar-refractivity contribution in [1.29, 1.82) is 0 Å². The lowest BCUT2D eigenvalue weighted by Gasteiger charge is -2.04. The number of aliphatic hydroxyl groups is 1. The molecule has 0 radical (unpaired) electrons. The van der Waals surface area contributed by atoms with Gasteiger partial charge in [0.15, 0.2) is 0 Å². The summed E-state index contributed by atoms with van der Waals surface area (Å²) in [5.74, 6) is 5.22. The van der Waals surface area contributed by atoms with Crippen molar-refractivity contribution in [2.75, 3.05) is 6.61 Å². The molecule has 0 spiro atoms. The number of carbonyl (C=O) groups excluding carboxylic acids is 1. The highest BCUT2D eigenvalue weighted by molar-refractivity contribution is 7.12. The zero-order valence-electron chi connectivity index (χ0n) is 10.5. The quantitative estimate of drug-likeness (QED) is 0.857. The van der Waals surface area contributed by atoms with Crippen LogP contribution in [-0.4, -0.2) is 17.6 Å². The van der Waals surface area contributed by atoms with Crippen LogP contribution in [0.5, 0.6) is 0 Å². The molecule has 3 nitrogen and oxygen atoms in total. The lowest BCUT2D eigenvalue weighted by atomic mass is 10.1. The maximum atomic E-state index is 11.9. The van der Waals surface area contributed by atoms with E-state index in [-0.39, 0.29) is 12.5 Å². The summed E-state index contributed by atoms with van der Waals surface area (Å²) in [5, 5.41) is 13.7. The molecule has 0 atom stereocenters. The molecule has 0 unspecified atom stereocenters. The zero-order valence-corrected chi connectivity index (χ0v) is 12.1. The van der Waals surface area contributed by atoms with Crippen LogP contribution in [-0.2, 0) is 6.54 Å². The van der Waals surface area contributed by atoms with E-state index in [1.807, 2.05) is 24.3 Å².